The van der Waals surface area contributed by atoms with E-state index < -0.39 is 5.97 Å². The number of hydrogen-bond donors (Lipinski definition) is 1. The van der Waals surface area contributed by atoms with E-state index in [9.17, 15) is 4.79 Å². The maximum Gasteiger partial charge on any atom is 0.323 e. The number of fused-ring (bicyclic) bond motifs is 1. The highest BCUT2D eigenvalue weighted by Crippen LogP contribution is 2.26. The highest BCUT2D eigenvalue weighted by molar-refractivity contribution is 5.93. The predicted octanol–water partition coefficient (Wildman–Crippen LogP) is 1.40. The molecule has 0 aliphatic carbocycles. The van der Waals surface area contributed by atoms with E-state index in [-0.39, 0.29) is 6.54 Å². The third-order valence-corrected chi connectivity index (χ3v) is 2.78. The summed E-state index contributed by atoms with van der Waals surface area (Å²) in [4.78, 5) is 12.4. The second kappa shape index (κ2) is 4.08. The summed E-state index contributed by atoms with van der Waals surface area (Å²) in [6, 6.07) is 5.94. The lowest BCUT2D eigenvalue weighted by Gasteiger charge is -2.13. The Morgan fingerprint density at radius 3 is 2.88 bits per heavy atom. The average molecular weight is 233 g/mol. The lowest BCUT2D eigenvalue weighted by Crippen LogP contribution is -2.25. The van der Waals surface area contributed by atoms with Crippen molar-refractivity contribution in [3.8, 4) is 0 Å². The van der Waals surface area contributed by atoms with Crippen LogP contribution in [0, 0.1) is 6.92 Å². The first-order chi connectivity index (χ1) is 8.00. The molecule has 0 saturated carbocycles. The standard InChI is InChI=1S/C12H15N3O2/c1-8-5-4-6-9-11(8)15(3)13-12(9)14(2)7-10(16)17/h4-6H,7H2,1-3H3,(H,16,17). The Morgan fingerprint density at radius 1 is 1.53 bits per heavy atom. The Kier molecular flexibility index (Phi) is 2.75. The number of benzene rings is 1. The van der Waals surface area contributed by atoms with Gasteiger partial charge in [-0.2, -0.15) is 5.10 Å². The lowest BCUT2D eigenvalue weighted by atomic mass is 10.1. The zero-order valence-corrected chi connectivity index (χ0v) is 10.1. The van der Waals surface area contributed by atoms with Crippen molar-refractivity contribution in [1.29, 1.82) is 0 Å². The summed E-state index contributed by atoms with van der Waals surface area (Å²) < 4.78 is 1.79. The molecule has 0 unspecified atom stereocenters. The van der Waals surface area contributed by atoms with Gasteiger partial charge in [0, 0.05) is 19.5 Å². The van der Waals surface area contributed by atoms with Crippen LogP contribution in [0.1, 0.15) is 5.56 Å². The number of para-hydroxylation sites is 1. The number of carbonyl (C=O) groups is 1. The Hall–Kier alpha value is -2.04. The Labute approximate surface area is 99.3 Å². The summed E-state index contributed by atoms with van der Waals surface area (Å²) in [6.07, 6.45) is 0. The first-order valence-corrected chi connectivity index (χ1v) is 5.36. The number of aromatic nitrogens is 2. The van der Waals surface area contributed by atoms with E-state index >= 15 is 0 Å². The van der Waals surface area contributed by atoms with E-state index in [2.05, 4.69) is 5.10 Å². The van der Waals surface area contributed by atoms with Gasteiger partial charge in [0.15, 0.2) is 5.82 Å². The monoisotopic (exact) mass is 233 g/mol. The van der Waals surface area contributed by atoms with Crippen LogP contribution in [0.25, 0.3) is 10.9 Å². The number of nitrogens with zero attached hydrogens (tertiary/aromatic N) is 3. The number of likely N-dealkylation sites (N-methyl/N-ethyl adjacent to an activating group) is 1. The van der Waals surface area contributed by atoms with E-state index in [0.29, 0.717) is 5.82 Å². The molecule has 0 radical (unpaired) electrons. The largest absolute Gasteiger partial charge is 0.480 e. The predicted molar refractivity (Wildman–Crippen MR) is 66.4 cm³/mol. The van der Waals surface area contributed by atoms with Crippen molar-refractivity contribution in [3.63, 3.8) is 0 Å². The van der Waals surface area contributed by atoms with Crippen LogP contribution in [-0.2, 0) is 11.8 Å². The maximum atomic E-state index is 10.7. The lowest BCUT2D eigenvalue weighted by molar-refractivity contribution is -0.135. The van der Waals surface area contributed by atoms with Gasteiger partial charge in [-0.1, -0.05) is 12.1 Å². The Balaban J connectivity index is 2.56. The Morgan fingerprint density at radius 2 is 2.24 bits per heavy atom. The summed E-state index contributed by atoms with van der Waals surface area (Å²) in [5.74, 6) is -0.160. The van der Waals surface area contributed by atoms with Gasteiger partial charge in [-0.05, 0) is 18.6 Å². The first kappa shape index (κ1) is 11.4. The van der Waals surface area contributed by atoms with Crippen LogP contribution in [0.15, 0.2) is 18.2 Å². The normalized spacial score (nSPS) is 10.8. The van der Waals surface area contributed by atoms with Crippen LogP contribution in [0.2, 0.25) is 0 Å². The van der Waals surface area contributed by atoms with Gasteiger partial charge in [-0.15, -0.1) is 0 Å². The van der Waals surface area contributed by atoms with Crippen molar-refractivity contribution in [3.05, 3.63) is 23.8 Å². The third-order valence-electron chi connectivity index (χ3n) is 2.78. The molecule has 0 fully saturated rings. The van der Waals surface area contributed by atoms with Gasteiger partial charge >= 0.3 is 5.97 Å². The van der Waals surface area contributed by atoms with Crippen molar-refractivity contribution in [1.82, 2.24) is 9.78 Å². The molecule has 1 N–H and O–H groups in total. The molecule has 5 heteroatoms. The second-order valence-corrected chi connectivity index (χ2v) is 4.17. The summed E-state index contributed by atoms with van der Waals surface area (Å²) in [7, 11) is 3.60. The molecule has 2 aromatic rings. The minimum atomic E-state index is -0.862. The van der Waals surface area contributed by atoms with Gasteiger partial charge in [0.25, 0.3) is 0 Å². The molecule has 0 bridgehead atoms. The van der Waals surface area contributed by atoms with Gasteiger partial charge in [-0.25, -0.2) is 0 Å². The highest BCUT2D eigenvalue weighted by atomic mass is 16.4. The van der Waals surface area contributed by atoms with Crippen LogP contribution in [0.3, 0.4) is 0 Å². The number of carboxylic acids is 1. The minimum Gasteiger partial charge on any atom is -0.480 e. The number of aliphatic carboxylic acids is 1. The van der Waals surface area contributed by atoms with Crippen LogP contribution in [-0.4, -0.2) is 34.4 Å². The molecule has 0 aliphatic heterocycles. The van der Waals surface area contributed by atoms with E-state index in [1.54, 1.807) is 16.6 Å². The molecule has 2 rings (SSSR count). The molecule has 5 nitrogen and oxygen atoms in total. The van der Waals surface area contributed by atoms with Crippen molar-refractivity contribution < 1.29 is 9.90 Å². The zero-order valence-electron chi connectivity index (χ0n) is 10.1. The quantitative estimate of drug-likeness (QED) is 0.870. The minimum absolute atomic E-state index is 0.0555. The van der Waals surface area contributed by atoms with Crippen LogP contribution < -0.4 is 4.90 Å². The molecular weight excluding hydrogens is 218 g/mol. The van der Waals surface area contributed by atoms with Crippen LogP contribution in [0.4, 0.5) is 5.82 Å². The number of aryl methyl sites for hydroxylation is 2. The molecule has 0 aliphatic rings. The fourth-order valence-electron chi connectivity index (χ4n) is 2.07. The highest BCUT2D eigenvalue weighted by Gasteiger charge is 2.15. The summed E-state index contributed by atoms with van der Waals surface area (Å²) in [6.45, 7) is 1.96. The van der Waals surface area contributed by atoms with Gasteiger partial charge in [0.1, 0.15) is 6.54 Å². The molecule has 90 valence electrons. The van der Waals surface area contributed by atoms with E-state index in [0.717, 1.165) is 16.5 Å². The number of carboxylic acid groups (broad SMARTS) is 1. The first-order valence-electron chi connectivity index (χ1n) is 5.36. The third kappa shape index (κ3) is 1.95. The fourth-order valence-corrected chi connectivity index (χ4v) is 2.07. The van der Waals surface area contributed by atoms with Gasteiger partial charge in [0.2, 0.25) is 0 Å². The zero-order chi connectivity index (χ0) is 12.6. The van der Waals surface area contributed by atoms with Crippen molar-refractivity contribution in [2.75, 3.05) is 18.5 Å². The van der Waals surface area contributed by atoms with Crippen LogP contribution in [0.5, 0.6) is 0 Å². The maximum absolute atomic E-state index is 10.7. The Bertz CT molecular complexity index is 574. The molecule has 17 heavy (non-hydrogen) atoms. The molecule has 0 amide bonds. The number of rotatable bonds is 3. The average Bonchev–Trinajstić information content (AvgIpc) is 2.56. The molecule has 0 saturated heterocycles. The van der Waals surface area contributed by atoms with Crippen molar-refractivity contribution in [2.45, 2.75) is 6.92 Å². The molecule has 1 aromatic heterocycles. The number of hydrogen-bond acceptors (Lipinski definition) is 3. The van der Waals surface area contributed by atoms with Crippen molar-refractivity contribution in [2.24, 2.45) is 7.05 Å². The molecule has 0 spiro atoms. The van der Waals surface area contributed by atoms with Gasteiger partial charge < -0.3 is 10.0 Å². The molecular formula is C12H15N3O2. The summed E-state index contributed by atoms with van der Waals surface area (Å²) in [5.41, 5.74) is 2.17. The smallest absolute Gasteiger partial charge is 0.323 e. The summed E-state index contributed by atoms with van der Waals surface area (Å²) in [5, 5.41) is 14.2. The fraction of sp³-hybridized carbons (Fsp3) is 0.333. The van der Waals surface area contributed by atoms with Crippen LogP contribution >= 0.6 is 0 Å². The van der Waals surface area contributed by atoms with E-state index in [4.69, 9.17) is 5.11 Å². The van der Waals surface area contributed by atoms with Gasteiger partial charge in [-0.3, -0.25) is 9.48 Å². The van der Waals surface area contributed by atoms with E-state index in [1.165, 1.54) is 0 Å². The second-order valence-electron chi connectivity index (χ2n) is 4.17. The topological polar surface area (TPSA) is 58.4 Å². The van der Waals surface area contributed by atoms with Gasteiger partial charge in [0.05, 0.1) is 5.52 Å². The summed E-state index contributed by atoms with van der Waals surface area (Å²) >= 11 is 0. The molecule has 0 atom stereocenters. The van der Waals surface area contributed by atoms with E-state index in [1.807, 2.05) is 32.2 Å². The SMILES string of the molecule is Cc1cccc2c(N(C)CC(=O)O)nn(C)c12. The number of anilines is 1. The molecule has 1 aromatic carbocycles. The molecule has 1 heterocycles. The van der Waals surface area contributed by atoms with Crippen molar-refractivity contribution >= 4 is 22.7 Å².